The van der Waals surface area contributed by atoms with Crippen LogP contribution in [-0.4, -0.2) is 19.3 Å². The van der Waals surface area contributed by atoms with Gasteiger partial charge in [-0.2, -0.15) is 0 Å². The van der Waals surface area contributed by atoms with Gasteiger partial charge in [-0.15, -0.1) is 12.4 Å². The number of carbonyl (C=O) groups excluding carboxylic acids is 1. The van der Waals surface area contributed by atoms with Crippen LogP contribution in [0.5, 0.6) is 11.5 Å². The number of rotatable bonds is 3. The highest BCUT2D eigenvalue weighted by molar-refractivity contribution is 5.85. The summed E-state index contributed by atoms with van der Waals surface area (Å²) < 4.78 is 16.8. The van der Waals surface area contributed by atoms with Crippen molar-refractivity contribution in [2.45, 2.75) is 32.4 Å². The quantitative estimate of drug-likeness (QED) is 0.830. The highest BCUT2D eigenvalue weighted by Crippen LogP contribution is 2.42. The average Bonchev–Trinajstić information content (AvgIpc) is 3.05. The van der Waals surface area contributed by atoms with Crippen LogP contribution >= 0.6 is 12.4 Å². The smallest absolute Gasteiger partial charge is 0.303 e. The van der Waals surface area contributed by atoms with Crippen LogP contribution in [0.4, 0.5) is 0 Å². The first-order chi connectivity index (χ1) is 12.1. The summed E-state index contributed by atoms with van der Waals surface area (Å²) in [6.45, 7) is 4.56. The second-order valence-corrected chi connectivity index (χ2v) is 6.53. The molecule has 4 rings (SSSR count). The van der Waals surface area contributed by atoms with Gasteiger partial charge < -0.3 is 19.5 Å². The fraction of sp³-hybridized carbons (Fsp3) is 0.350. The molecule has 0 spiro atoms. The van der Waals surface area contributed by atoms with E-state index in [1.54, 1.807) is 0 Å². The number of halogens is 1. The van der Waals surface area contributed by atoms with E-state index >= 15 is 0 Å². The number of ether oxygens (including phenoxy) is 3. The van der Waals surface area contributed by atoms with Gasteiger partial charge in [0.25, 0.3) is 0 Å². The molecule has 2 unspecified atom stereocenters. The standard InChI is InChI=1S/C20H21NO4.ClH/c1-12-3-5-14(6-4-12)20(25-13(2)22)19-16-10-18-17(23-11-24-18)9-15(16)7-8-21-19;/h3-6,9-10,19-21H,7-8,11H2,1-2H3;1H. The predicted octanol–water partition coefficient (Wildman–Crippen LogP) is 3.64. The first-order valence-corrected chi connectivity index (χ1v) is 8.51. The minimum atomic E-state index is -0.391. The van der Waals surface area contributed by atoms with Gasteiger partial charge in [-0.3, -0.25) is 4.79 Å². The Morgan fingerprint density at radius 2 is 1.88 bits per heavy atom. The van der Waals surface area contributed by atoms with E-state index in [9.17, 15) is 4.79 Å². The van der Waals surface area contributed by atoms with Gasteiger partial charge in [0.2, 0.25) is 6.79 Å². The first-order valence-electron chi connectivity index (χ1n) is 8.51. The summed E-state index contributed by atoms with van der Waals surface area (Å²) in [5.41, 5.74) is 4.45. The number of aryl methyl sites for hydroxylation is 1. The Morgan fingerprint density at radius 1 is 1.19 bits per heavy atom. The zero-order valence-electron chi connectivity index (χ0n) is 14.8. The molecular formula is C20H22ClNO4. The molecule has 0 saturated heterocycles. The van der Waals surface area contributed by atoms with Crippen molar-refractivity contribution in [1.82, 2.24) is 5.32 Å². The van der Waals surface area contributed by atoms with Crippen molar-refractivity contribution in [3.05, 3.63) is 58.7 Å². The normalized spacial score (nSPS) is 18.5. The molecule has 2 aromatic carbocycles. The minimum Gasteiger partial charge on any atom is -0.456 e. The molecule has 1 N–H and O–H groups in total. The minimum absolute atomic E-state index is 0. The van der Waals surface area contributed by atoms with Crippen molar-refractivity contribution < 1.29 is 19.0 Å². The molecule has 5 nitrogen and oxygen atoms in total. The van der Waals surface area contributed by atoms with Gasteiger partial charge in [0.05, 0.1) is 6.04 Å². The molecule has 2 atom stereocenters. The first kappa shape index (κ1) is 18.5. The molecule has 138 valence electrons. The van der Waals surface area contributed by atoms with Gasteiger partial charge >= 0.3 is 5.97 Å². The largest absolute Gasteiger partial charge is 0.456 e. The van der Waals surface area contributed by atoms with E-state index in [0.29, 0.717) is 0 Å². The van der Waals surface area contributed by atoms with Gasteiger partial charge in [-0.25, -0.2) is 0 Å². The van der Waals surface area contributed by atoms with Crippen LogP contribution in [0.15, 0.2) is 36.4 Å². The fourth-order valence-electron chi connectivity index (χ4n) is 3.51. The van der Waals surface area contributed by atoms with E-state index in [0.717, 1.165) is 35.6 Å². The highest BCUT2D eigenvalue weighted by Gasteiger charge is 2.33. The van der Waals surface area contributed by atoms with Crippen LogP contribution in [0.1, 0.15) is 41.3 Å². The number of esters is 1. The van der Waals surface area contributed by atoms with E-state index < -0.39 is 6.10 Å². The van der Waals surface area contributed by atoms with Crippen LogP contribution < -0.4 is 14.8 Å². The molecule has 26 heavy (non-hydrogen) atoms. The summed E-state index contributed by atoms with van der Waals surface area (Å²) in [6, 6.07) is 12.1. The van der Waals surface area contributed by atoms with Gasteiger partial charge in [0, 0.05) is 6.92 Å². The van der Waals surface area contributed by atoms with E-state index in [-0.39, 0.29) is 31.2 Å². The lowest BCUT2D eigenvalue weighted by Gasteiger charge is -2.33. The van der Waals surface area contributed by atoms with Crippen LogP contribution in [0.25, 0.3) is 0 Å². The molecule has 0 aromatic heterocycles. The van der Waals surface area contributed by atoms with Crippen molar-refractivity contribution >= 4 is 18.4 Å². The van der Waals surface area contributed by atoms with Gasteiger partial charge in [-0.05, 0) is 48.7 Å². The number of nitrogens with one attached hydrogen (secondary N) is 1. The zero-order valence-corrected chi connectivity index (χ0v) is 15.6. The Hall–Kier alpha value is -2.24. The van der Waals surface area contributed by atoms with Gasteiger partial charge in [-0.1, -0.05) is 29.8 Å². The SMILES string of the molecule is CC(=O)OC(c1ccc(C)cc1)C1NCCc2cc3c(cc21)OCO3.Cl. The molecular weight excluding hydrogens is 354 g/mol. The third kappa shape index (κ3) is 3.50. The molecule has 0 saturated carbocycles. The molecule has 0 bridgehead atoms. The number of hydrogen-bond acceptors (Lipinski definition) is 5. The number of carbonyl (C=O) groups is 1. The maximum atomic E-state index is 11.7. The van der Waals surface area contributed by atoms with Crippen LogP contribution in [0.2, 0.25) is 0 Å². The number of fused-ring (bicyclic) bond motifs is 2. The van der Waals surface area contributed by atoms with Crippen LogP contribution in [0, 0.1) is 6.92 Å². The van der Waals surface area contributed by atoms with E-state index in [4.69, 9.17) is 14.2 Å². The molecule has 2 aliphatic heterocycles. The predicted molar refractivity (Wildman–Crippen MR) is 99.9 cm³/mol. The zero-order chi connectivity index (χ0) is 17.4. The maximum absolute atomic E-state index is 11.7. The summed E-state index contributed by atoms with van der Waals surface area (Å²) in [5.74, 6) is 1.25. The van der Waals surface area contributed by atoms with Crippen molar-refractivity contribution in [2.75, 3.05) is 13.3 Å². The van der Waals surface area contributed by atoms with Crippen molar-refractivity contribution in [1.29, 1.82) is 0 Å². The third-order valence-electron chi connectivity index (χ3n) is 4.73. The molecule has 2 aromatic rings. The number of hydrogen-bond donors (Lipinski definition) is 1. The molecule has 0 radical (unpaired) electrons. The molecule has 2 heterocycles. The second kappa shape index (κ2) is 7.56. The second-order valence-electron chi connectivity index (χ2n) is 6.53. The lowest BCUT2D eigenvalue weighted by molar-refractivity contribution is -0.148. The van der Waals surface area contributed by atoms with Crippen molar-refractivity contribution in [2.24, 2.45) is 0 Å². The summed E-state index contributed by atoms with van der Waals surface area (Å²) in [5, 5.41) is 3.51. The third-order valence-corrected chi connectivity index (χ3v) is 4.73. The van der Waals surface area contributed by atoms with Crippen molar-refractivity contribution in [3.63, 3.8) is 0 Å². The Labute approximate surface area is 159 Å². The highest BCUT2D eigenvalue weighted by atomic mass is 35.5. The fourth-order valence-corrected chi connectivity index (χ4v) is 3.51. The molecule has 0 aliphatic carbocycles. The topological polar surface area (TPSA) is 56.8 Å². The lowest BCUT2D eigenvalue weighted by atomic mass is 9.87. The van der Waals surface area contributed by atoms with Crippen LogP contribution in [0.3, 0.4) is 0 Å². The maximum Gasteiger partial charge on any atom is 0.303 e. The average molecular weight is 376 g/mol. The monoisotopic (exact) mass is 375 g/mol. The van der Waals surface area contributed by atoms with E-state index in [1.165, 1.54) is 18.1 Å². The van der Waals surface area contributed by atoms with E-state index in [2.05, 4.69) is 5.32 Å². The Bertz CT molecular complexity index is 806. The molecule has 6 heteroatoms. The van der Waals surface area contributed by atoms with Gasteiger partial charge in [0.1, 0.15) is 6.10 Å². The molecule has 2 aliphatic rings. The summed E-state index contributed by atoms with van der Waals surface area (Å²) in [4.78, 5) is 11.7. The Balaban J connectivity index is 0.00000196. The lowest BCUT2D eigenvalue weighted by Crippen LogP contribution is -2.35. The summed E-state index contributed by atoms with van der Waals surface area (Å²) in [7, 11) is 0. The number of benzene rings is 2. The van der Waals surface area contributed by atoms with Crippen molar-refractivity contribution in [3.8, 4) is 11.5 Å². The molecule has 0 fully saturated rings. The molecule has 0 amide bonds. The summed E-state index contributed by atoms with van der Waals surface area (Å²) >= 11 is 0. The Kier molecular flexibility index (Phi) is 5.39. The van der Waals surface area contributed by atoms with Gasteiger partial charge in [0.15, 0.2) is 11.5 Å². The van der Waals surface area contributed by atoms with E-state index in [1.807, 2.05) is 43.3 Å². The summed E-state index contributed by atoms with van der Waals surface area (Å²) in [6.07, 6.45) is 0.515. The Morgan fingerprint density at radius 3 is 2.58 bits per heavy atom. The van der Waals surface area contributed by atoms with Crippen LogP contribution in [-0.2, 0) is 16.0 Å².